The van der Waals surface area contributed by atoms with Gasteiger partial charge in [-0.2, -0.15) is 0 Å². The first-order chi connectivity index (χ1) is 12.1. The van der Waals surface area contributed by atoms with E-state index < -0.39 is 0 Å². The highest BCUT2D eigenvalue weighted by Gasteiger charge is 2.24. The van der Waals surface area contributed by atoms with Crippen LogP contribution >= 0.6 is 0 Å². The van der Waals surface area contributed by atoms with Crippen LogP contribution < -0.4 is 5.32 Å². The van der Waals surface area contributed by atoms with Crippen molar-refractivity contribution >= 4 is 11.6 Å². The molecule has 25 heavy (non-hydrogen) atoms. The monoisotopic (exact) mass is 343 g/mol. The smallest absolute Gasteiger partial charge is 0.223 e. The zero-order valence-electron chi connectivity index (χ0n) is 15.9. The third kappa shape index (κ3) is 5.21. The third-order valence-corrected chi connectivity index (χ3v) is 5.74. The Hall–Kier alpha value is -1.55. The minimum absolute atomic E-state index is 0.331. The molecule has 1 atom stereocenters. The topological polar surface area (TPSA) is 35.6 Å². The van der Waals surface area contributed by atoms with Gasteiger partial charge < -0.3 is 15.1 Å². The number of anilines is 1. The molecule has 2 heterocycles. The van der Waals surface area contributed by atoms with Crippen molar-refractivity contribution in [1.82, 2.24) is 9.80 Å². The fourth-order valence-electron chi connectivity index (χ4n) is 3.98. The minimum atomic E-state index is 0.331. The maximum absolute atomic E-state index is 12.6. The molecule has 2 fully saturated rings. The largest absolute Gasteiger partial charge is 0.381 e. The van der Waals surface area contributed by atoms with Crippen LogP contribution in [0.4, 0.5) is 5.69 Å². The Bertz CT molecular complexity index is 581. The van der Waals surface area contributed by atoms with E-state index >= 15 is 0 Å². The summed E-state index contributed by atoms with van der Waals surface area (Å²) in [5.41, 5.74) is 3.81. The third-order valence-electron chi connectivity index (χ3n) is 5.74. The summed E-state index contributed by atoms with van der Waals surface area (Å²) in [5, 5.41) is 3.63. The van der Waals surface area contributed by atoms with E-state index in [4.69, 9.17) is 0 Å². The molecule has 4 nitrogen and oxygen atoms in total. The molecule has 0 bridgehead atoms. The molecule has 0 radical (unpaired) electrons. The summed E-state index contributed by atoms with van der Waals surface area (Å²) in [6.45, 7) is 9.33. The highest BCUT2D eigenvalue weighted by atomic mass is 16.2. The molecule has 1 N–H and O–H groups in total. The molecule has 138 valence electrons. The van der Waals surface area contributed by atoms with Crippen LogP contribution in [0.3, 0.4) is 0 Å². The van der Waals surface area contributed by atoms with E-state index in [2.05, 4.69) is 47.2 Å². The Kier molecular flexibility index (Phi) is 6.35. The van der Waals surface area contributed by atoms with E-state index in [9.17, 15) is 4.79 Å². The highest BCUT2D eigenvalue weighted by Crippen LogP contribution is 2.19. The average Bonchev–Trinajstić information content (AvgIpc) is 2.64. The number of rotatable bonds is 5. The normalized spacial score (nSPS) is 22.0. The molecule has 1 aromatic rings. The number of nitrogens with one attached hydrogen (secondary N) is 1. The van der Waals surface area contributed by atoms with Gasteiger partial charge in [-0.3, -0.25) is 4.79 Å². The van der Waals surface area contributed by atoms with E-state index in [-0.39, 0.29) is 0 Å². The number of hydrogen-bond acceptors (Lipinski definition) is 3. The van der Waals surface area contributed by atoms with Crippen LogP contribution in [0.25, 0.3) is 0 Å². The zero-order chi connectivity index (χ0) is 17.6. The Balaban J connectivity index is 1.48. The molecule has 4 heteroatoms. The first-order valence-corrected chi connectivity index (χ1v) is 9.96. The number of amides is 1. The van der Waals surface area contributed by atoms with Gasteiger partial charge in [-0.1, -0.05) is 12.5 Å². The lowest BCUT2D eigenvalue weighted by Crippen LogP contribution is -2.46. The van der Waals surface area contributed by atoms with Crippen molar-refractivity contribution in [3.8, 4) is 0 Å². The van der Waals surface area contributed by atoms with Crippen molar-refractivity contribution < 1.29 is 4.79 Å². The molecule has 0 unspecified atom stereocenters. The first kappa shape index (κ1) is 18.2. The van der Waals surface area contributed by atoms with Crippen LogP contribution in [-0.2, 0) is 4.79 Å². The lowest BCUT2D eigenvalue weighted by atomic mass is 10.0. The molecular formula is C21H33N3O. The Labute approximate surface area is 152 Å². The molecule has 0 saturated carbocycles. The van der Waals surface area contributed by atoms with Gasteiger partial charge in [0.2, 0.25) is 5.91 Å². The van der Waals surface area contributed by atoms with Crippen LogP contribution in [0.2, 0.25) is 0 Å². The van der Waals surface area contributed by atoms with Crippen LogP contribution in [0.15, 0.2) is 18.2 Å². The predicted molar refractivity (Wildman–Crippen MR) is 104 cm³/mol. The summed E-state index contributed by atoms with van der Waals surface area (Å²) in [6, 6.07) is 6.91. The van der Waals surface area contributed by atoms with Gasteiger partial charge in [0.05, 0.1) is 0 Å². The summed E-state index contributed by atoms with van der Waals surface area (Å²) in [7, 11) is 0. The van der Waals surface area contributed by atoms with Gasteiger partial charge in [-0.25, -0.2) is 0 Å². The lowest BCUT2D eigenvalue weighted by Gasteiger charge is -2.34. The van der Waals surface area contributed by atoms with Gasteiger partial charge >= 0.3 is 0 Å². The fraction of sp³-hybridized carbons (Fsp3) is 0.667. The molecular weight excluding hydrogens is 310 g/mol. The number of piperidine rings is 2. The molecule has 3 rings (SSSR count). The highest BCUT2D eigenvalue weighted by molar-refractivity contribution is 5.76. The molecule has 2 aliphatic heterocycles. The number of benzene rings is 1. The molecule has 0 aromatic heterocycles. The summed E-state index contributed by atoms with van der Waals surface area (Å²) >= 11 is 0. The van der Waals surface area contributed by atoms with Gasteiger partial charge in [0.15, 0.2) is 0 Å². The van der Waals surface area contributed by atoms with Crippen molar-refractivity contribution in [2.45, 2.75) is 58.4 Å². The number of nitrogens with zero attached hydrogens (tertiary/aromatic N) is 2. The SMILES string of the molecule is Cc1ccc(N[C@H]2CCCN(C(=O)CCN3CCCCC3)C2)cc1C. The van der Waals surface area contributed by atoms with Crippen molar-refractivity contribution in [3.63, 3.8) is 0 Å². The fourth-order valence-corrected chi connectivity index (χ4v) is 3.98. The molecule has 0 aliphatic carbocycles. The summed E-state index contributed by atoms with van der Waals surface area (Å²) in [4.78, 5) is 17.1. The first-order valence-electron chi connectivity index (χ1n) is 9.96. The van der Waals surface area contributed by atoms with Crippen molar-refractivity contribution in [1.29, 1.82) is 0 Å². The number of aryl methyl sites for hydroxylation is 2. The molecule has 2 aliphatic rings. The van der Waals surface area contributed by atoms with Crippen LogP contribution in [0.1, 0.15) is 49.7 Å². The Morgan fingerprint density at radius 2 is 1.88 bits per heavy atom. The predicted octanol–water partition coefficient (Wildman–Crippen LogP) is 3.58. The minimum Gasteiger partial charge on any atom is -0.381 e. The van der Waals surface area contributed by atoms with E-state index in [1.165, 1.54) is 49.2 Å². The second-order valence-corrected chi connectivity index (χ2v) is 7.77. The van der Waals surface area contributed by atoms with E-state index in [1.54, 1.807) is 0 Å². The second kappa shape index (κ2) is 8.70. The van der Waals surface area contributed by atoms with Crippen LogP contribution in [0.5, 0.6) is 0 Å². The molecule has 2 saturated heterocycles. The molecule has 1 amide bonds. The van der Waals surface area contributed by atoms with Gasteiger partial charge in [0.25, 0.3) is 0 Å². The van der Waals surface area contributed by atoms with Crippen molar-refractivity contribution in [2.75, 3.05) is 38.0 Å². The van der Waals surface area contributed by atoms with E-state index in [0.717, 1.165) is 32.5 Å². The Morgan fingerprint density at radius 3 is 2.64 bits per heavy atom. The Morgan fingerprint density at radius 1 is 1.08 bits per heavy atom. The zero-order valence-corrected chi connectivity index (χ0v) is 15.9. The number of carbonyl (C=O) groups excluding carboxylic acids is 1. The maximum atomic E-state index is 12.6. The lowest BCUT2D eigenvalue weighted by molar-refractivity contribution is -0.132. The molecule has 0 spiro atoms. The van der Waals surface area contributed by atoms with Gasteiger partial charge in [-0.15, -0.1) is 0 Å². The summed E-state index contributed by atoms with van der Waals surface area (Å²) in [5.74, 6) is 0.331. The molecule has 1 aromatic carbocycles. The number of carbonyl (C=O) groups is 1. The van der Waals surface area contributed by atoms with E-state index in [1.807, 2.05) is 0 Å². The quantitative estimate of drug-likeness (QED) is 0.887. The summed E-state index contributed by atoms with van der Waals surface area (Å²) < 4.78 is 0. The summed E-state index contributed by atoms with van der Waals surface area (Å²) in [6.07, 6.45) is 6.85. The standard InChI is InChI=1S/C21H33N3O/c1-17-8-9-19(15-18(17)2)22-20-7-6-13-24(16-20)21(25)10-14-23-11-4-3-5-12-23/h8-9,15,20,22H,3-7,10-14,16H2,1-2H3/t20-/m0/s1. The number of hydrogen-bond donors (Lipinski definition) is 1. The van der Waals surface area contributed by atoms with Crippen molar-refractivity contribution in [2.24, 2.45) is 0 Å². The van der Waals surface area contributed by atoms with Crippen molar-refractivity contribution in [3.05, 3.63) is 29.3 Å². The van der Waals surface area contributed by atoms with Crippen LogP contribution in [-0.4, -0.2) is 54.5 Å². The average molecular weight is 344 g/mol. The van der Waals surface area contributed by atoms with E-state index in [0.29, 0.717) is 18.4 Å². The van der Waals surface area contributed by atoms with Gasteiger partial charge in [0, 0.05) is 37.8 Å². The van der Waals surface area contributed by atoms with Gasteiger partial charge in [-0.05, 0) is 75.9 Å². The number of likely N-dealkylation sites (tertiary alicyclic amines) is 2. The van der Waals surface area contributed by atoms with Gasteiger partial charge in [0.1, 0.15) is 0 Å². The second-order valence-electron chi connectivity index (χ2n) is 7.77. The van der Waals surface area contributed by atoms with Crippen LogP contribution in [0, 0.1) is 13.8 Å². The maximum Gasteiger partial charge on any atom is 0.223 e.